The molecule has 0 saturated heterocycles. The van der Waals surface area contributed by atoms with Gasteiger partial charge in [-0.15, -0.1) is 12.4 Å². The molecule has 13 heavy (non-hydrogen) atoms. The minimum absolute atomic E-state index is 0. The predicted molar refractivity (Wildman–Crippen MR) is 48.6 cm³/mol. The summed E-state index contributed by atoms with van der Waals surface area (Å²) in [5, 5.41) is 0. The van der Waals surface area contributed by atoms with Crippen LogP contribution in [0.25, 0.3) is 0 Å². The number of esters is 1. The first-order chi connectivity index (χ1) is 5.56. The van der Waals surface area contributed by atoms with E-state index in [2.05, 4.69) is 9.47 Å². The fourth-order valence-corrected chi connectivity index (χ4v) is 0.545. The van der Waals surface area contributed by atoms with E-state index in [4.69, 9.17) is 5.73 Å². The summed E-state index contributed by atoms with van der Waals surface area (Å²) >= 11 is 0. The van der Waals surface area contributed by atoms with Crippen LogP contribution in [0, 0.1) is 0 Å². The Morgan fingerprint density at radius 1 is 1.46 bits per heavy atom. The smallest absolute Gasteiger partial charge is 0.434 e. The van der Waals surface area contributed by atoms with Crippen LogP contribution >= 0.6 is 12.4 Å². The van der Waals surface area contributed by atoms with Gasteiger partial charge in [-0.05, 0) is 13.8 Å². The maximum absolute atomic E-state index is 10.7. The molecular weight excluding hydrogens is 198 g/mol. The largest absolute Gasteiger partial charge is 0.516 e. The van der Waals surface area contributed by atoms with Gasteiger partial charge in [0, 0.05) is 6.04 Å². The molecule has 0 aliphatic heterocycles. The van der Waals surface area contributed by atoms with Gasteiger partial charge in [-0.3, -0.25) is 4.79 Å². The summed E-state index contributed by atoms with van der Waals surface area (Å²) < 4.78 is 8.59. The summed E-state index contributed by atoms with van der Waals surface area (Å²) in [6.45, 7) is 3.45. The molecule has 0 spiro atoms. The normalized spacial score (nSPS) is 11.0. The second-order valence-corrected chi connectivity index (χ2v) is 2.34. The Morgan fingerprint density at radius 2 is 2.00 bits per heavy atom. The number of halogens is 1. The van der Waals surface area contributed by atoms with Crippen LogP contribution in [-0.4, -0.2) is 24.8 Å². The monoisotopic (exact) mass is 211 g/mol. The average molecular weight is 212 g/mol. The van der Waals surface area contributed by atoms with Crippen molar-refractivity contribution in [1.29, 1.82) is 0 Å². The van der Waals surface area contributed by atoms with Crippen LogP contribution in [0.1, 0.15) is 20.3 Å². The van der Waals surface area contributed by atoms with E-state index in [0.29, 0.717) is 0 Å². The van der Waals surface area contributed by atoms with Crippen molar-refractivity contribution in [2.45, 2.75) is 26.3 Å². The van der Waals surface area contributed by atoms with E-state index in [1.807, 2.05) is 0 Å². The first kappa shape index (κ1) is 14.7. The van der Waals surface area contributed by atoms with Crippen molar-refractivity contribution in [3.05, 3.63) is 0 Å². The molecule has 5 nitrogen and oxygen atoms in total. The lowest BCUT2D eigenvalue weighted by Gasteiger charge is -2.04. The Labute approximate surface area is 83.0 Å². The summed E-state index contributed by atoms with van der Waals surface area (Å²) in [6, 6.07) is -0.313. The fraction of sp³-hybridized carbons (Fsp3) is 0.714. The third kappa shape index (κ3) is 9.10. The molecule has 6 heteroatoms. The summed E-state index contributed by atoms with van der Waals surface area (Å²) in [5.74, 6) is -0.663. The lowest BCUT2D eigenvalue weighted by atomic mass is 10.3. The molecule has 0 aliphatic carbocycles. The average Bonchev–Trinajstić information content (AvgIpc) is 1.84. The summed E-state index contributed by atoms with van der Waals surface area (Å²) in [4.78, 5) is 21.3. The first-order valence-corrected chi connectivity index (χ1v) is 3.69. The second-order valence-electron chi connectivity index (χ2n) is 2.34. The van der Waals surface area contributed by atoms with Gasteiger partial charge in [-0.2, -0.15) is 0 Å². The maximum Gasteiger partial charge on any atom is 0.516 e. The number of nitrogens with two attached hydrogens (primary N) is 1. The molecule has 0 aromatic heterocycles. The number of rotatable bonds is 3. The highest BCUT2D eigenvalue weighted by Crippen LogP contribution is 1.93. The zero-order chi connectivity index (χ0) is 9.56. The van der Waals surface area contributed by atoms with Crippen molar-refractivity contribution in [3.8, 4) is 0 Å². The Morgan fingerprint density at radius 3 is 2.38 bits per heavy atom. The summed E-state index contributed by atoms with van der Waals surface area (Å²) in [6.07, 6.45) is -0.957. The van der Waals surface area contributed by atoms with E-state index >= 15 is 0 Å². The quantitative estimate of drug-likeness (QED) is 0.553. The number of hydrogen-bond donors (Lipinski definition) is 1. The molecule has 1 atom stereocenters. The Kier molecular flexibility index (Phi) is 8.84. The molecule has 2 N–H and O–H groups in total. The van der Waals surface area contributed by atoms with Crippen molar-refractivity contribution in [2.24, 2.45) is 5.73 Å². The van der Waals surface area contributed by atoms with Gasteiger partial charge in [0.15, 0.2) is 0 Å². The van der Waals surface area contributed by atoms with Crippen molar-refractivity contribution in [3.63, 3.8) is 0 Å². The minimum atomic E-state index is -0.969. The van der Waals surface area contributed by atoms with Crippen LogP contribution in [0.2, 0.25) is 0 Å². The molecule has 0 unspecified atom stereocenters. The van der Waals surface area contributed by atoms with E-state index in [1.54, 1.807) is 13.8 Å². The molecule has 0 amide bonds. The standard InChI is InChI=1S/C7H13NO4.ClH/c1-3-11-7(10)12-6(9)4-5(2)8;/h5H,3-4,8H2,1-2H3;1H/t5-;/m1./s1. The highest BCUT2D eigenvalue weighted by molar-refractivity contribution is 5.85. The van der Waals surface area contributed by atoms with E-state index < -0.39 is 12.1 Å². The van der Waals surface area contributed by atoms with Crippen molar-refractivity contribution < 1.29 is 19.1 Å². The Hall–Kier alpha value is -0.810. The van der Waals surface area contributed by atoms with E-state index in [1.165, 1.54) is 0 Å². The molecule has 78 valence electrons. The van der Waals surface area contributed by atoms with Crippen LogP contribution in [0.3, 0.4) is 0 Å². The topological polar surface area (TPSA) is 78.6 Å². The molecule has 0 radical (unpaired) electrons. The number of hydrogen-bond acceptors (Lipinski definition) is 5. The van der Waals surface area contributed by atoms with Crippen LogP contribution in [0.15, 0.2) is 0 Å². The third-order valence-corrected chi connectivity index (χ3v) is 0.948. The lowest BCUT2D eigenvalue weighted by Crippen LogP contribution is -2.23. The van der Waals surface area contributed by atoms with Gasteiger partial charge in [-0.25, -0.2) is 4.79 Å². The fourth-order valence-electron chi connectivity index (χ4n) is 0.545. The zero-order valence-corrected chi connectivity index (χ0v) is 8.43. The van der Waals surface area contributed by atoms with Crippen LogP contribution in [0.4, 0.5) is 4.79 Å². The molecule has 0 fully saturated rings. The van der Waals surface area contributed by atoms with Crippen molar-refractivity contribution in [1.82, 2.24) is 0 Å². The Bertz CT molecular complexity index is 172. The van der Waals surface area contributed by atoms with Crippen molar-refractivity contribution in [2.75, 3.05) is 6.61 Å². The van der Waals surface area contributed by atoms with Gasteiger partial charge in [-0.1, -0.05) is 0 Å². The van der Waals surface area contributed by atoms with Gasteiger partial charge in [0.2, 0.25) is 0 Å². The first-order valence-electron chi connectivity index (χ1n) is 3.69. The number of carbonyl (C=O) groups excluding carboxylic acids is 2. The van der Waals surface area contributed by atoms with Gasteiger partial charge in [0.25, 0.3) is 0 Å². The maximum atomic E-state index is 10.7. The van der Waals surface area contributed by atoms with Crippen LogP contribution < -0.4 is 5.73 Å². The second kappa shape index (κ2) is 7.82. The van der Waals surface area contributed by atoms with Gasteiger partial charge in [0.1, 0.15) is 0 Å². The molecule has 0 heterocycles. The van der Waals surface area contributed by atoms with Gasteiger partial charge >= 0.3 is 12.1 Å². The molecular formula is C7H14ClNO4. The SMILES string of the molecule is CCOC(=O)OC(=O)C[C@@H](C)N.Cl. The number of carbonyl (C=O) groups is 2. The lowest BCUT2D eigenvalue weighted by molar-refractivity contribution is -0.140. The Balaban J connectivity index is 0. The molecule has 0 aromatic carbocycles. The minimum Gasteiger partial charge on any atom is -0.434 e. The molecule has 0 aliphatic rings. The van der Waals surface area contributed by atoms with Crippen LogP contribution in [0.5, 0.6) is 0 Å². The number of ether oxygens (including phenoxy) is 2. The predicted octanol–water partition coefficient (Wildman–Crippen LogP) is 0.845. The summed E-state index contributed by atoms with van der Waals surface area (Å²) in [5.41, 5.74) is 5.29. The molecule has 0 saturated carbocycles. The zero-order valence-electron chi connectivity index (χ0n) is 7.61. The summed E-state index contributed by atoms with van der Waals surface area (Å²) in [7, 11) is 0. The molecule has 0 bridgehead atoms. The highest BCUT2D eigenvalue weighted by Gasteiger charge is 2.12. The van der Waals surface area contributed by atoms with Gasteiger partial charge < -0.3 is 15.2 Å². The van der Waals surface area contributed by atoms with Crippen LogP contribution in [-0.2, 0) is 14.3 Å². The molecule has 0 rings (SSSR count). The van der Waals surface area contributed by atoms with E-state index in [0.717, 1.165) is 0 Å². The molecule has 0 aromatic rings. The third-order valence-electron chi connectivity index (χ3n) is 0.948. The highest BCUT2D eigenvalue weighted by atomic mass is 35.5. The van der Waals surface area contributed by atoms with E-state index in [-0.39, 0.29) is 31.5 Å². The van der Waals surface area contributed by atoms with Gasteiger partial charge in [0.05, 0.1) is 13.0 Å². The van der Waals surface area contributed by atoms with Crippen molar-refractivity contribution >= 4 is 24.5 Å². The van der Waals surface area contributed by atoms with E-state index in [9.17, 15) is 9.59 Å².